The lowest BCUT2D eigenvalue weighted by Gasteiger charge is -2.29. The number of methoxy groups -OCH3 is 1. The van der Waals surface area contributed by atoms with Gasteiger partial charge in [0.05, 0.1) is 20.1 Å². The zero-order chi connectivity index (χ0) is 26.9. The molecule has 1 aliphatic heterocycles. The average Bonchev–Trinajstić information content (AvgIpc) is 3.11. The number of carbonyl (C=O) groups excluding carboxylic acids is 2. The smallest absolute Gasteiger partial charge is 0.280 e. The Morgan fingerprint density at radius 1 is 1.16 bits per heavy atom. The number of nitrogens with zero attached hydrogens (tertiary/aromatic N) is 1. The Hall–Kier alpha value is -4.15. The Labute approximate surface area is 211 Å². The molecule has 0 saturated heterocycles. The van der Waals surface area contributed by atoms with Crippen molar-refractivity contribution in [1.29, 1.82) is 0 Å². The molecule has 1 unspecified atom stereocenters. The number of fused-ring (bicyclic) bond motifs is 1. The van der Waals surface area contributed by atoms with Crippen molar-refractivity contribution in [3.8, 4) is 11.5 Å². The maximum atomic E-state index is 14.8. The number of nitrogens with one attached hydrogen (secondary N) is 2. The summed E-state index contributed by atoms with van der Waals surface area (Å²) in [5.41, 5.74) is -1.14. The Morgan fingerprint density at radius 2 is 1.86 bits per heavy atom. The summed E-state index contributed by atoms with van der Waals surface area (Å²) in [5.74, 6) is -1.92. The predicted molar refractivity (Wildman–Crippen MR) is 130 cm³/mol. The van der Waals surface area contributed by atoms with Gasteiger partial charge in [-0.2, -0.15) is 5.16 Å². The second-order valence-corrected chi connectivity index (χ2v) is 9.65. The third-order valence-electron chi connectivity index (χ3n) is 5.95. The van der Waals surface area contributed by atoms with E-state index in [2.05, 4.69) is 10.5 Å². The highest BCUT2D eigenvalue weighted by atomic mass is 19.1. The number of ether oxygens (including phenoxy) is 2. The van der Waals surface area contributed by atoms with Crippen molar-refractivity contribution in [3.05, 3.63) is 75.3 Å². The number of rotatable bonds is 5. The molecule has 0 saturated carbocycles. The standard InChI is InChI=1S/C26H27F2N3O6/c1-26(2,3)23-18(27)9-14(10-19(23)28)29-25(34)24-17-6-5-15(35-4)11-20(17)36-8-7-31(24)22(33)13-16-12-21(32)30-37-16/h5-6,9-12,24H,7-8,13H2,1-4H3,(H,29,34)(H,30,32). The summed E-state index contributed by atoms with van der Waals surface area (Å²) < 4.78 is 45.6. The number of H-pyrrole nitrogens is 1. The molecule has 3 aromatic rings. The van der Waals surface area contributed by atoms with Crippen molar-refractivity contribution < 1.29 is 32.4 Å². The number of hydrogen-bond acceptors (Lipinski definition) is 6. The summed E-state index contributed by atoms with van der Waals surface area (Å²) >= 11 is 0. The first-order valence-corrected chi connectivity index (χ1v) is 11.6. The molecule has 4 rings (SSSR count). The van der Waals surface area contributed by atoms with E-state index in [0.29, 0.717) is 17.1 Å². The predicted octanol–water partition coefficient (Wildman–Crippen LogP) is 3.70. The first-order chi connectivity index (χ1) is 17.5. The van der Waals surface area contributed by atoms with E-state index in [4.69, 9.17) is 14.0 Å². The third-order valence-corrected chi connectivity index (χ3v) is 5.95. The SMILES string of the molecule is COc1ccc2c(c1)OCCN(C(=O)Cc1cc(=O)[nH]o1)C2C(=O)Nc1cc(F)c(C(C)(C)C)c(F)c1. The summed E-state index contributed by atoms with van der Waals surface area (Å²) in [5, 5.41) is 4.66. The molecule has 9 nitrogen and oxygen atoms in total. The highest BCUT2D eigenvalue weighted by molar-refractivity contribution is 5.98. The minimum atomic E-state index is -1.21. The van der Waals surface area contributed by atoms with Crippen LogP contribution in [0.25, 0.3) is 0 Å². The first-order valence-electron chi connectivity index (χ1n) is 11.6. The first kappa shape index (κ1) is 25.9. The van der Waals surface area contributed by atoms with Crippen LogP contribution < -0.4 is 20.3 Å². The fourth-order valence-corrected chi connectivity index (χ4v) is 4.33. The molecule has 2 heterocycles. The van der Waals surface area contributed by atoms with Crippen LogP contribution in [0.15, 0.2) is 45.7 Å². The van der Waals surface area contributed by atoms with Gasteiger partial charge in [-0.3, -0.25) is 14.4 Å². The van der Waals surface area contributed by atoms with Crippen LogP contribution in [0.2, 0.25) is 0 Å². The number of aromatic nitrogens is 1. The third kappa shape index (κ3) is 5.50. The Balaban J connectivity index is 1.71. The zero-order valence-electron chi connectivity index (χ0n) is 20.8. The maximum Gasteiger partial charge on any atom is 0.280 e. The number of halogens is 2. The second kappa shape index (κ2) is 10.1. The molecule has 0 bridgehead atoms. The minimum absolute atomic E-state index is 0.0221. The van der Waals surface area contributed by atoms with Crippen LogP contribution in [0, 0.1) is 11.6 Å². The van der Waals surface area contributed by atoms with E-state index in [-0.39, 0.29) is 36.6 Å². The summed E-state index contributed by atoms with van der Waals surface area (Å²) in [6, 6.07) is 6.81. The van der Waals surface area contributed by atoms with Gasteiger partial charge in [-0.15, -0.1) is 0 Å². The van der Waals surface area contributed by atoms with Crippen molar-refractivity contribution in [3.63, 3.8) is 0 Å². The molecule has 2 amide bonds. The summed E-state index contributed by atoms with van der Waals surface area (Å²) in [6.07, 6.45) is -0.294. The largest absolute Gasteiger partial charge is 0.497 e. The molecule has 37 heavy (non-hydrogen) atoms. The minimum Gasteiger partial charge on any atom is -0.497 e. The summed E-state index contributed by atoms with van der Waals surface area (Å²) in [7, 11) is 1.48. The zero-order valence-corrected chi connectivity index (χ0v) is 20.8. The van der Waals surface area contributed by atoms with Gasteiger partial charge in [0.1, 0.15) is 41.5 Å². The Bertz CT molecular complexity index is 1370. The molecule has 0 spiro atoms. The number of hydrogen-bond donors (Lipinski definition) is 2. The van der Waals surface area contributed by atoms with Crippen LogP contribution in [0.4, 0.5) is 14.5 Å². The lowest BCUT2D eigenvalue weighted by molar-refractivity contribution is -0.138. The lowest BCUT2D eigenvalue weighted by Crippen LogP contribution is -2.42. The van der Waals surface area contributed by atoms with Gasteiger partial charge in [-0.05, 0) is 29.7 Å². The van der Waals surface area contributed by atoms with Crippen LogP contribution in [0.5, 0.6) is 11.5 Å². The van der Waals surface area contributed by atoms with E-state index in [9.17, 15) is 23.2 Å². The molecule has 2 aromatic carbocycles. The molecule has 11 heteroatoms. The van der Waals surface area contributed by atoms with Gasteiger partial charge in [0.25, 0.3) is 11.5 Å². The van der Waals surface area contributed by atoms with Gasteiger partial charge < -0.3 is 24.2 Å². The molecular formula is C26H27F2N3O6. The molecule has 1 aliphatic rings. The van der Waals surface area contributed by atoms with Gasteiger partial charge in [-0.25, -0.2) is 8.78 Å². The van der Waals surface area contributed by atoms with Crippen LogP contribution in [0.1, 0.15) is 43.7 Å². The number of anilines is 1. The Kier molecular flexibility index (Phi) is 7.06. The van der Waals surface area contributed by atoms with E-state index in [1.807, 2.05) is 0 Å². The van der Waals surface area contributed by atoms with Gasteiger partial charge in [0, 0.05) is 28.9 Å². The van der Waals surface area contributed by atoms with Gasteiger partial charge in [0.15, 0.2) is 0 Å². The molecule has 0 fully saturated rings. The average molecular weight is 516 g/mol. The molecule has 1 atom stereocenters. The molecule has 1 aromatic heterocycles. The topological polar surface area (TPSA) is 114 Å². The van der Waals surface area contributed by atoms with Crippen LogP contribution in [0.3, 0.4) is 0 Å². The second-order valence-electron chi connectivity index (χ2n) is 9.65. The van der Waals surface area contributed by atoms with Gasteiger partial charge in [0.2, 0.25) is 5.91 Å². The van der Waals surface area contributed by atoms with Crippen molar-refractivity contribution >= 4 is 17.5 Å². The van der Waals surface area contributed by atoms with Crippen LogP contribution in [-0.4, -0.2) is 42.1 Å². The maximum absolute atomic E-state index is 14.8. The molecule has 0 radical (unpaired) electrons. The number of carbonyl (C=O) groups is 2. The van der Waals surface area contributed by atoms with Crippen molar-refractivity contribution in [1.82, 2.24) is 10.1 Å². The van der Waals surface area contributed by atoms with Gasteiger partial charge in [-0.1, -0.05) is 20.8 Å². The Morgan fingerprint density at radius 3 is 2.46 bits per heavy atom. The number of aromatic amines is 1. The monoisotopic (exact) mass is 515 g/mol. The number of amides is 2. The lowest BCUT2D eigenvalue weighted by atomic mass is 9.86. The number of benzene rings is 2. The van der Waals surface area contributed by atoms with Crippen LogP contribution >= 0.6 is 0 Å². The highest BCUT2D eigenvalue weighted by Gasteiger charge is 2.36. The van der Waals surface area contributed by atoms with Crippen molar-refractivity contribution in [2.24, 2.45) is 0 Å². The van der Waals surface area contributed by atoms with Crippen LogP contribution in [-0.2, 0) is 21.4 Å². The van der Waals surface area contributed by atoms with E-state index < -0.39 is 40.5 Å². The molecule has 2 N–H and O–H groups in total. The van der Waals surface area contributed by atoms with E-state index in [0.717, 1.165) is 18.2 Å². The highest BCUT2D eigenvalue weighted by Crippen LogP contribution is 2.37. The fraction of sp³-hybridized carbons (Fsp3) is 0.346. The normalized spacial score (nSPS) is 15.4. The van der Waals surface area contributed by atoms with Crippen molar-refractivity contribution in [2.75, 3.05) is 25.6 Å². The van der Waals surface area contributed by atoms with Gasteiger partial charge >= 0.3 is 0 Å². The molecule has 196 valence electrons. The van der Waals surface area contributed by atoms with E-state index in [1.54, 1.807) is 39.0 Å². The molecular weight excluding hydrogens is 488 g/mol. The molecule has 0 aliphatic carbocycles. The van der Waals surface area contributed by atoms with E-state index >= 15 is 0 Å². The summed E-state index contributed by atoms with van der Waals surface area (Å²) in [4.78, 5) is 39.5. The van der Waals surface area contributed by atoms with Crippen molar-refractivity contribution in [2.45, 2.75) is 38.6 Å². The summed E-state index contributed by atoms with van der Waals surface area (Å²) in [6.45, 7) is 5.13. The quantitative estimate of drug-likeness (QED) is 0.536. The van der Waals surface area contributed by atoms with E-state index in [1.165, 1.54) is 12.0 Å². The fourth-order valence-electron chi connectivity index (χ4n) is 4.33.